The van der Waals surface area contributed by atoms with E-state index in [2.05, 4.69) is 10.2 Å². The van der Waals surface area contributed by atoms with E-state index in [-0.39, 0.29) is 28.9 Å². The maximum atomic E-state index is 12.8. The number of thioether (sulfide) groups is 1. The zero-order valence-corrected chi connectivity index (χ0v) is 16.2. The average molecular weight is 362 g/mol. The molecule has 0 aliphatic carbocycles. The van der Waals surface area contributed by atoms with Crippen molar-refractivity contribution in [2.45, 2.75) is 63.7 Å². The van der Waals surface area contributed by atoms with Gasteiger partial charge in [-0.2, -0.15) is 0 Å². The highest BCUT2D eigenvalue weighted by Gasteiger charge is 2.27. The smallest absolute Gasteiger partial charge is 0.337 e. The molecule has 7 heteroatoms. The fourth-order valence-corrected chi connectivity index (χ4v) is 3.73. The molecule has 1 heterocycles. The van der Waals surface area contributed by atoms with Gasteiger partial charge in [-0.05, 0) is 40.2 Å². The molecule has 0 fully saturated rings. The minimum atomic E-state index is -0.325. The molecule has 25 heavy (non-hydrogen) atoms. The van der Waals surface area contributed by atoms with Gasteiger partial charge in [0.15, 0.2) is 5.16 Å². The second-order valence-electron chi connectivity index (χ2n) is 6.58. The molecular weight excluding hydrogens is 336 g/mol. The van der Waals surface area contributed by atoms with E-state index in [9.17, 15) is 9.59 Å². The van der Waals surface area contributed by atoms with Crippen LogP contribution in [0.2, 0.25) is 0 Å². The third-order valence-corrected chi connectivity index (χ3v) is 4.98. The number of benzene rings is 1. The maximum absolute atomic E-state index is 12.8. The Hall–Kier alpha value is -2.02. The summed E-state index contributed by atoms with van der Waals surface area (Å²) >= 11 is 1.31. The van der Waals surface area contributed by atoms with E-state index in [1.54, 1.807) is 4.57 Å². The van der Waals surface area contributed by atoms with Crippen LogP contribution in [-0.4, -0.2) is 42.9 Å². The molecule has 0 unspecified atom stereocenters. The Morgan fingerprint density at radius 3 is 2.32 bits per heavy atom. The van der Waals surface area contributed by atoms with Crippen molar-refractivity contribution in [3.63, 3.8) is 0 Å². The normalized spacial score (nSPS) is 12.6. The average Bonchev–Trinajstić information content (AvgIpc) is 2.88. The first-order valence-corrected chi connectivity index (χ1v) is 9.37. The van der Waals surface area contributed by atoms with E-state index >= 15 is 0 Å². The summed E-state index contributed by atoms with van der Waals surface area (Å²) in [5.74, 6) is 0.0525. The SMILES string of the molecule is CC(C)N(C(=O)[C@@H](C)Sc1n[nH]c(=O)n1Cc1ccccc1)C(C)C. The topological polar surface area (TPSA) is 71.0 Å². The van der Waals surface area contributed by atoms with Crippen molar-refractivity contribution in [1.29, 1.82) is 0 Å². The highest BCUT2D eigenvalue weighted by molar-refractivity contribution is 8.00. The van der Waals surface area contributed by atoms with Gasteiger partial charge in [0, 0.05) is 12.1 Å². The van der Waals surface area contributed by atoms with Crippen LogP contribution in [0, 0.1) is 0 Å². The number of hydrogen-bond donors (Lipinski definition) is 1. The van der Waals surface area contributed by atoms with Gasteiger partial charge in [0.05, 0.1) is 11.8 Å². The first-order chi connectivity index (χ1) is 11.8. The first kappa shape index (κ1) is 19.3. The predicted molar refractivity (Wildman–Crippen MR) is 101 cm³/mol. The molecule has 1 amide bonds. The standard InChI is InChI=1S/C18H26N4O2S/c1-12(2)22(13(3)4)16(23)14(5)25-18-20-19-17(24)21(18)11-15-9-7-6-8-10-15/h6-10,12-14H,11H2,1-5H3,(H,19,24)/t14-/m1/s1. The van der Waals surface area contributed by atoms with Gasteiger partial charge < -0.3 is 4.90 Å². The molecule has 0 saturated heterocycles. The summed E-state index contributed by atoms with van der Waals surface area (Å²) in [7, 11) is 0. The van der Waals surface area contributed by atoms with Crippen molar-refractivity contribution in [3.8, 4) is 0 Å². The highest BCUT2D eigenvalue weighted by atomic mass is 32.2. The molecule has 0 saturated carbocycles. The number of amides is 1. The van der Waals surface area contributed by atoms with Crippen LogP contribution in [0.1, 0.15) is 40.2 Å². The van der Waals surface area contributed by atoms with E-state index in [1.165, 1.54) is 11.8 Å². The van der Waals surface area contributed by atoms with Crippen LogP contribution in [0.5, 0.6) is 0 Å². The molecule has 136 valence electrons. The van der Waals surface area contributed by atoms with Crippen LogP contribution in [0.15, 0.2) is 40.3 Å². The molecule has 1 N–H and O–H groups in total. The Labute approximate surface area is 152 Å². The molecule has 2 aromatic rings. The number of carbonyl (C=O) groups excluding carboxylic acids is 1. The molecule has 1 atom stereocenters. The van der Waals surface area contributed by atoms with Crippen LogP contribution < -0.4 is 5.69 Å². The molecule has 1 aromatic carbocycles. The summed E-state index contributed by atoms with van der Waals surface area (Å²) in [5.41, 5.74) is 0.744. The number of rotatable bonds is 7. The van der Waals surface area contributed by atoms with Crippen molar-refractivity contribution >= 4 is 17.7 Å². The van der Waals surface area contributed by atoms with Gasteiger partial charge in [0.2, 0.25) is 5.91 Å². The van der Waals surface area contributed by atoms with Crippen molar-refractivity contribution < 1.29 is 4.79 Å². The fourth-order valence-electron chi connectivity index (χ4n) is 2.82. The van der Waals surface area contributed by atoms with E-state index in [1.807, 2.05) is 69.9 Å². The first-order valence-electron chi connectivity index (χ1n) is 8.49. The van der Waals surface area contributed by atoms with Crippen molar-refractivity contribution in [2.75, 3.05) is 0 Å². The largest absolute Gasteiger partial charge is 0.344 e. The molecule has 1 aromatic heterocycles. The lowest BCUT2D eigenvalue weighted by molar-refractivity contribution is -0.133. The van der Waals surface area contributed by atoms with Gasteiger partial charge in [0.1, 0.15) is 0 Å². The van der Waals surface area contributed by atoms with Crippen molar-refractivity contribution in [3.05, 3.63) is 46.4 Å². The van der Waals surface area contributed by atoms with E-state index < -0.39 is 0 Å². The Bertz CT molecular complexity index is 744. The number of nitrogens with one attached hydrogen (secondary N) is 1. The van der Waals surface area contributed by atoms with Gasteiger partial charge in [-0.1, -0.05) is 42.1 Å². The molecular formula is C18H26N4O2S. The minimum Gasteiger partial charge on any atom is -0.337 e. The Morgan fingerprint density at radius 2 is 1.76 bits per heavy atom. The highest BCUT2D eigenvalue weighted by Crippen LogP contribution is 2.23. The van der Waals surface area contributed by atoms with Gasteiger partial charge in [-0.15, -0.1) is 5.10 Å². The zero-order chi connectivity index (χ0) is 18.6. The van der Waals surface area contributed by atoms with Crippen LogP contribution in [0.25, 0.3) is 0 Å². The molecule has 0 spiro atoms. The summed E-state index contributed by atoms with van der Waals surface area (Å²) in [6.07, 6.45) is 0. The number of aromatic amines is 1. The number of carbonyl (C=O) groups is 1. The lowest BCUT2D eigenvalue weighted by Crippen LogP contribution is -2.45. The van der Waals surface area contributed by atoms with Gasteiger partial charge >= 0.3 is 5.69 Å². The Kier molecular flexibility index (Phi) is 6.47. The second kappa shape index (κ2) is 8.38. The summed E-state index contributed by atoms with van der Waals surface area (Å²) < 4.78 is 1.57. The van der Waals surface area contributed by atoms with Crippen LogP contribution in [0.3, 0.4) is 0 Å². The molecule has 0 bridgehead atoms. The summed E-state index contributed by atoms with van der Waals surface area (Å²) in [6.45, 7) is 10.3. The molecule has 2 rings (SSSR count). The third kappa shape index (κ3) is 4.75. The van der Waals surface area contributed by atoms with E-state index in [0.717, 1.165) is 5.56 Å². The van der Waals surface area contributed by atoms with E-state index in [4.69, 9.17) is 0 Å². The van der Waals surface area contributed by atoms with Crippen molar-refractivity contribution in [1.82, 2.24) is 19.7 Å². The van der Waals surface area contributed by atoms with Crippen LogP contribution >= 0.6 is 11.8 Å². The predicted octanol–water partition coefficient (Wildman–Crippen LogP) is 2.75. The number of aromatic nitrogens is 3. The number of H-pyrrole nitrogens is 1. The zero-order valence-electron chi connectivity index (χ0n) is 15.4. The van der Waals surface area contributed by atoms with Gasteiger partial charge in [-0.25, -0.2) is 9.89 Å². The molecule has 6 nitrogen and oxygen atoms in total. The monoisotopic (exact) mass is 362 g/mol. The minimum absolute atomic E-state index is 0.0525. The molecule has 0 aliphatic rings. The maximum Gasteiger partial charge on any atom is 0.344 e. The number of hydrogen-bond acceptors (Lipinski definition) is 4. The Balaban J connectivity index is 2.17. The van der Waals surface area contributed by atoms with Crippen LogP contribution in [-0.2, 0) is 11.3 Å². The third-order valence-electron chi connectivity index (χ3n) is 3.90. The Morgan fingerprint density at radius 1 is 1.16 bits per heavy atom. The van der Waals surface area contributed by atoms with Gasteiger partial charge in [0.25, 0.3) is 0 Å². The summed E-state index contributed by atoms with van der Waals surface area (Å²) in [5, 5.41) is 6.79. The van der Waals surface area contributed by atoms with E-state index in [0.29, 0.717) is 11.7 Å². The molecule has 0 radical (unpaired) electrons. The molecule has 0 aliphatic heterocycles. The van der Waals surface area contributed by atoms with Crippen LogP contribution in [0.4, 0.5) is 0 Å². The number of nitrogens with zero attached hydrogens (tertiary/aromatic N) is 3. The fraction of sp³-hybridized carbons (Fsp3) is 0.500. The van der Waals surface area contributed by atoms with Crippen molar-refractivity contribution in [2.24, 2.45) is 0 Å². The second-order valence-corrected chi connectivity index (χ2v) is 7.88. The summed E-state index contributed by atoms with van der Waals surface area (Å²) in [4.78, 5) is 26.7. The lowest BCUT2D eigenvalue weighted by Gasteiger charge is -2.32. The summed E-state index contributed by atoms with van der Waals surface area (Å²) in [6, 6.07) is 9.97. The van der Waals surface area contributed by atoms with Gasteiger partial charge in [-0.3, -0.25) is 9.36 Å². The quantitative estimate of drug-likeness (QED) is 0.769. The lowest BCUT2D eigenvalue weighted by atomic mass is 10.2.